The number of hydrogen-bond acceptors (Lipinski definition) is 8. The van der Waals surface area contributed by atoms with Gasteiger partial charge in [0.1, 0.15) is 12.7 Å². The largest absolute Gasteiger partial charge is 0.460 e. The molecule has 2 atom stereocenters. The van der Waals surface area contributed by atoms with Crippen LogP contribution in [0.1, 0.15) is 47.0 Å². The smallest absolute Gasteiger partial charge is 0.333 e. The fraction of sp³-hybridized carbons (Fsp3) is 0.889. The van der Waals surface area contributed by atoms with Gasteiger partial charge in [0.15, 0.2) is 16.6 Å². The monoisotopic (exact) mass is 594 g/mol. The van der Waals surface area contributed by atoms with E-state index in [9.17, 15) is 4.79 Å². The van der Waals surface area contributed by atoms with E-state index < -0.39 is 31.2 Å². The molecule has 0 bridgehead atoms. The molecule has 0 aliphatic heterocycles. The molecule has 0 N–H and O–H groups in total. The average molecular weight is 595 g/mol. The predicted octanol–water partition coefficient (Wildman–Crippen LogP) is 6.28. The van der Waals surface area contributed by atoms with Crippen molar-refractivity contribution in [2.24, 2.45) is 0 Å². The van der Waals surface area contributed by atoms with Gasteiger partial charge in [0.05, 0.1) is 32.5 Å². The molecular weight excluding hydrogens is 537 g/mol. The van der Waals surface area contributed by atoms with Gasteiger partial charge in [-0.25, -0.2) is 4.79 Å². The first-order valence-electron chi connectivity index (χ1n) is 14.3. The van der Waals surface area contributed by atoms with Crippen molar-refractivity contribution in [1.82, 2.24) is 0 Å². The van der Waals surface area contributed by atoms with Crippen LogP contribution < -0.4 is 0 Å². The van der Waals surface area contributed by atoms with Gasteiger partial charge in [0, 0.05) is 18.8 Å². The van der Waals surface area contributed by atoms with Gasteiger partial charge < -0.3 is 31.9 Å². The second-order valence-corrected chi connectivity index (χ2v) is 24.0. The van der Waals surface area contributed by atoms with E-state index >= 15 is 0 Å². The molecule has 226 valence electrons. The molecule has 0 aromatic heterocycles. The molecule has 11 heteroatoms. The molecule has 0 aliphatic rings. The Morgan fingerprint density at radius 1 is 0.789 bits per heavy atom. The summed E-state index contributed by atoms with van der Waals surface area (Å²) >= 11 is 0. The molecule has 0 radical (unpaired) electrons. The minimum Gasteiger partial charge on any atom is -0.460 e. The first-order valence-corrected chi connectivity index (χ1v) is 23.3. The quantitative estimate of drug-likeness (QED) is 0.0559. The summed E-state index contributed by atoms with van der Waals surface area (Å²) in [7, 11) is -5.82. The van der Waals surface area contributed by atoms with Gasteiger partial charge >= 0.3 is 14.5 Å². The third-order valence-corrected chi connectivity index (χ3v) is 17.3. The molecule has 2 unspecified atom stereocenters. The minimum absolute atomic E-state index is 0.162. The Kier molecular flexibility index (Phi) is 19.5. The van der Waals surface area contributed by atoms with Crippen LogP contribution in [0.5, 0.6) is 0 Å². The molecule has 0 fully saturated rings. The van der Waals surface area contributed by atoms with Gasteiger partial charge in [-0.2, -0.15) is 0 Å². The van der Waals surface area contributed by atoms with Crippen LogP contribution in [0.4, 0.5) is 0 Å². The van der Waals surface area contributed by atoms with E-state index in [4.69, 9.17) is 31.9 Å². The molecule has 0 aliphatic carbocycles. The Bertz CT molecular complexity index is 658. The van der Waals surface area contributed by atoms with E-state index in [2.05, 4.69) is 52.8 Å². The first kappa shape index (κ1) is 37.6. The van der Waals surface area contributed by atoms with Gasteiger partial charge in [-0.3, -0.25) is 0 Å². The van der Waals surface area contributed by atoms with Crippen molar-refractivity contribution in [2.75, 3.05) is 46.2 Å². The van der Waals surface area contributed by atoms with Crippen LogP contribution in [0.25, 0.3) is 0 Å². The molecule has 0 rings (SSSR count). The second kappa shape index (κ2) is 19.7. The molecular formula is C27H58O8Si3. The number of carbonyl (C=O) groups is 1. The maximum Gasteiger partial charge on any atom is 0.333 e. The highest BCUT2D eigenvalue weighted by Gasteiger charge is 2.39. The number of esters is 1. The predicted molar refractivity (Wildman–Crippen MR) is 162 cm³/mol. The van der Waals surface area contributed by atoms with Crippen molar-refractivity contribution in [3.05, 3.63) is 12.2 Å². The van der Waals surface area contributed by atoms with E-state index in [1.165, 1.54) is 18.9 Å². The van der Waals surface area contributed by atoms with Crippen LogP contribution in [0.3, 0.4) is 0 Å². The van der Waals surface area contributed by atoms with Gasteiger partial charge in [-0.1, -0.05) is 26.3 Å². The summed E-state index contributed by atoms with van der Waals surface area (Å²) in [4.78, 5) is 11.5. The summed E-state index contributed by atoms with van der Waals surface area (Å²) in [5.41, 5.74) is 0.373. The lowest BCUT2D eigenvalue weighted by atomic mass is 10.2. The van der Waals surface area contributed by atoms with Gasteiger partial charge in [-0.15, -0.1) is 0 Å². The Labute approximate surface area is 236 Å². The van der Waals surface area contributed by atoms with Gasteiger partial charge in [-0.05, 0) is 78.6 Å². The van der Waals surface area contributed by atoms with Crippen LogP contribution in [0.15, 0.2) is 12.2 Å². The Morgan fingerprint density at radius 2 is 1.37 bits per heavy atom. The van der Waals surface area contributed by atoms with Crippen LogP contribution >= 0.6 is 0 Å². The summed E-state index contributed by atoms with van der Waals surface area (Å²) in [5.74, 6) is -0.411. The highest BCUT2D eigenvalue weighted by atomic mass is 28.5. The van der Waals surface area contributed by atoms with E-state index in [1.54, 1.807) is 6.92 Å². The van der Waals surface area contributed by atoms with Gasteiger partial charge in [0.2, 0.25) is 0 Å². The molecule has 0 aromatic rings. The zero-order chi connectivity index (χ0) is 29.2. The molecule has 0 aromatic carbocycles. The van der Waals surface area contributed by atoms with Crippen LogP contribution in [0, 0.1) is 0 Å². The maximum absolute atomic E-state index is 11.5. The van der Waals surface area contributed by atoms with Crippen molar-refractivity contribution in [3.8, 4) is 0 Å². The third kappa shape index (κ3) is 19.6. The zero-order valence-corrected chi connectivity index (χ0v) is 29.1. The van der Waals surface area contributed by atoms with Crippen molar-refractivity contribution in [1.29, 1.82) is 0 Å². The Hall–Kier alpha value is -0.379. The minimum atomic E-state index is -2.20. The topological polar surface area (TPSA) is 81.7 Å². The van der Waals surface area contributed by atoms with Crippen LogP contribution in [0.2, 0.25) is 51.4 Å². The second-order valence-electron chi connectivity index (χ2n) is 11.5. The lowest BCUT2D eigenvalue weighted by Gasteiger charge is -2.39. The number of ether oxygens (including phenoxy) is 5. The standard InChI is InChI=1S/C27H58O8Si3/c1-12-14-21-36(6,7)34-38(10,11)35-37(8,9)22-15-16-32-26(25(5)31-19-17-29-13-2)23-30-18-20-33-27(28)24(3)4/h25-26H,3,12-23H2,1-2,4-11H3. The normalized spacial score (nSPS) is 14.4. The number of rotatable bonds is 24. The highest BCUT2D eigenvalue weighted by Crippen LogP contribution is 2.26. The molecule has 0 spiro atoms. The van der Waals surface area contributed by atoms with E-state index in [0.717, 1.165) is 12.5 Å². The van der Waals surface area contributed by atoms with Crippen LogP contribution in [-0.4, -0.2) is 89.6 Å². The number of carbonyl (C=O) groups excluding carboxylic acids is 1. The van der Waals surface area contributed by atoms with E-state index in [0.29, 0.717) is 38.6 Å². The Morgan fingerprint density at radius 3 is 1.92 bits per heavy atom. The number of hydrogen-bond donors (Lipinski definition) is 0. The summed E-state index contributed by atoms with van der Waals surface area (Å²) < 4.78 is 41.7. The lowest BCUT2D eigenvalue weighted by Crippen LogP contribution is -2.52. The maximum atomic E-state index is 11.5. The van der Waals surface area contributed by atoms with Gasteiger partial charge in [0.25, 0.3) is 0 Å². The Balaban J connectivity index is 4.72. The molecule has 0 amide bonds. The van der Waals surface area contributed by atoms with Crippen molar-refractivity contribution in [2.45, 2.75) is 111 Å². The molecule has 38 heavy (non-hydrogen) atoms. The third-order valence-electron chi connectivity index (χ3n) is 5.86. The van der Waals surface area contributed by atoms with E-state index in [-0.39, 0.29) is 25.4 Å². The van der Waals surface area contributed by atoms with Crippen molar-refractivity contribution < 1.29 is 36.7 Å². The van der Waals surface area contributed by atoms with E-state index in [1.807, 2.05) is 13.8 Å². The highest BCUT2D eigenvalue weighted by molar-refractivity contribution is 6.87. The zero-order valence-electron chi connectivity index (χ0n) is 26.1. The fourth-order valence-corrected chi connectivity index (χ4v) is 18.4. The number of unbranched alkanes of at least 4 members (excludes halogenated alkanes) is 1. The first-order chi connectivity index (χ1) is 17.6. The van der Waals surface area contributed by atoms with Crippen molar-refractivity contribution in [3.63, 3.8) is 0 Å². The summed E-state index contributed by atoms with van der Waals surface area (Å²) in [5, 5.41) is 0. The summed E-state index contributed by atoms with van der Waals surface area (Å²) in [6.45, 7) is 28.1. The molecule has 8 nitrogen and oxygen atoms in total. The average Bonchev–Trinajstić information content (AvgIpc) is 2.79. The summed E-state index contributed by atoms with van der Waals surface area (Å²) in [6, 6.07) is 2.18. The molecule has 0 heterocycles. The lowest BCUT2D eigenvalue weighted by molar-refractivity contribution is -0.142. The van der Waals surface area contributed by atoms with Crippen molar-refractivity contribution >= 4 is 31.2 Å². The molecule has 0 saturated carbocycles. The summed E-state index contributed by atoms with van der Waals surface area (Å²) in [6.07, 6.45) is 2.93. The van der Waals surface area contributed by atoms with Crippen LogP contribution in [-0.2, 0) is 36.7 Å². The fourth-order valence-electron chi connectivity index (χ4n) is 4.17. The SMILES string of the molecule is C=C(C)C(=O)OCCOCC(OCCC[Si](C)(C)O[Si](C)(C)O[Si](C)(C)CCCC)C(C)OCCOCC. The molecule has 0 saturated heterocycles.